The largest absolute Gasteiger partial charge is 0.441 e. The van der Waals surface area contributed by atoms with E-state index < -0.39 is 0 Å². The van der Waals surface area contributed by atoms with Gasteiger partial charge in [-0.05, 0) is 26.1 Å². The topological polar surface area (TPSA) is 58.4 Å². The first-order valence-corrected chi connectivity index (χ1v) is 9.59. The van der Waals surface area contributed by atoms with Crippen molar-refractivity contribution in [1.82, 2.24) is 15.2 Å². The summed E-state index contributed by atoms with van der Waals surface area (Å²) in [5.74, 6) is 1.33. The van der Waals surface area contributed by atoms with Crippen LogP contribution >= 0.6 is 0 Å². The Bertz CT molecular complexity index is 860. The first kappa shape index (κ1) is 19.8. The van der Waals surface area contributed by atoms with E-state index in [1.807, 2.05) is 62.6 Å². The number of oxazole rings is 1. The van der Waals surface area contributed by atoms with Gasteiger partial charge in [0.2, 0.25) is 5.91 Å². The zero-order chi connectivity index (χ0) is 19.8. The number of hydrogen-bond acceptors (Lipinski definition) is 4. The van der Waals surface area contributed by atoms with Gasteiger partial charge in [0.25, 0.3) is 0 Å². The van der Waals surface area contributed by atoms with Crippen LogP contribution < -0.4 is 5.32 Å². The Labute approximate surface area is 166 Å². The summed E-state index contributed by atoms with van der Waals surface area (Å²) in [6, 6.07) is 20.4. The number of carbonyl (C=O) groups is 1. The Morgan fingerprint density at radius 3 is 2.43 bits per heavy atom. The maximum Gasteiger partial charge on any atom is 0.220 e. The quantitative estimate of drug-likeness (QED) is 0.619. The SMILES string of the molecule is CN(C)C(CNC(=O)CCc1ncc(-c2ccccc2)o1)Cc1ccccc1. The molecule has 1 aromatic heterocycles. The summed E-state index contributed by atoms with van der Waals surface area (Å²) in [4.78, 5) is 18.7. The lowest BCUT2D eigenvalue weighted by atomic mass is 10.1. The van der Waals surface area contributed by atoms with Crippen molar-refractivity contribution >= 4 is 5.91 Å². The van der Waals surface area contributed by atoms with Crippen molar-refractivity contribution in [1.29, 1.82) is 0 Å². The molecule has 2 aromatic carbocycles. The molecule has 5 heteroatoms. The molecule has 0 saturated heterocycles. The molecule has 0 aliphatic rings. The van der Waals surface area contributed by atoms with Gasteiger partial charge in [-0.25, -0.2) is 4.98 Å². The Morgan fingerprint density at radius 1 is 1.07 bits per heavy atom. The van der Waals surface area contributed by atoms with Crippen molar-refractivity contribution in [2.45, 2.75) is 25.3 Å². The number of aryl methyl sites for hydroxylation is 1. The molecule has 1 atom stereocenters. The van der Waals surface area contributed by atoms with Crippen molar-refractivity contribution in [3.63, 3.8) is 0 Å². The minimum atomic E-state index is 0.0133. The minimum absolute atomic E-state index is 0.0133. The molecule has 0 bridgehead atoms. The van der Waals surface area contributed by atoms with Crippen molar-refractivity contribution in [2.24, 2.45) is 0 Å². The van der Waals surface area contributed by atoms with Gasteiger partial charge < -0.3 is 14.6 Å². The standard InChI is InChI=1S/C23H27N3O2/c1-26(2)20(15-18-9-5-3-6-10-18)16-24-22(27)13-14-23-25-17-21(28-23)19-11-7-4-8-12-19/h3-12,17,20H,13-16H2,1-2H3,(H,24,27). The summed E-state index contributed by atoms with van der Waals surface area (Å²) in [7, 11) is 4.08. The summed E-state index contributed by atoms with van der Waals surface area (Å²) in [6.45, 7) is 0.613. The summed E-state index contributed by atoms with van der Waals surface area (Å²) in [6.07, 6.45) is 3.46. The second-order valence-electron chi connectivity index (χ2n) is 7.10. The highest BCUT2D eigenvalue weighted by molar-refractivity contribution is 5.76. The summed E-state index contributed by atoms with van der Waals surface area (Å²) in [5.41, 5.74) is 2.25. The lowest BCUT2D eigenvalue weighted by Gasteiger charge is -2.24. The molecule has 1 heterocycles. The van der Waals surface area contributed by atoms with Crippen molar-refractivity contribution in [2.75, 3.05) is 20.6 Å². The van der Waals surface area contributed by atoms with E-state index in [9.17, 15) is 4.79 Å². The average molecular weight is 377 g/mol. The first-order valence-electron chi connectivity index (χ1n) is 9.59. The lowest BCUT2D eigenvalue weighted by Crippen LogP contribution is -2.41. The highest BCUT2D eigenvalue weighted by Crippen LogP contribution is 2.20. The van der Waals surface area contributed by atoms with Gasteiger partial charge in [0.05, 0.1) is 6.20 Å². The fourth-order valence-corrected chi connectivity index (χ4v) is 3.03. The molecule has 146 valence electrons. The molecule has 0 radical (unpaired) electrons. The number of likely N-dealkylation sites (N-methyl/N-ethyl adjacent to an activating group) is 1. The lowest BCUT2D eigenvalue weighted by molar-refractivity contribution is -0.121. The van der Waals surface area contributed by atoms with Crippen LogP contribution in [0.3, 0.4) is 0 Å². The molecule has 0 saturated carbocycles. The van der Waals surface area contributed by atoms with Crippen LogP contribution in [-0.2, 0) is 17.6 Å². The molecule has 5 nitrogen and oxygen atoms in total. The molecule has 0 aliphatic heterocycles. The Balaban J connectivity index is 1.46. The molecule has 1 unspecified atom stereocenters. The second-order valence-corrected chi connectivity index (χ2v) is 7.10. The molecular weight excluding hydrogens is 350 g/mol. The number of benzene rings is 2. The van der Waals surface area contributed by atoms with Gasteiger partial charge in [0.1, 0.15) is 0 Å². The molecule has 1 N–H and O–H groups in total. The van der Waals surface area contributed by atoms with Crippen LogP contribution in [0.1, 0.15) is 17.9 Å². The Hall–Kier alpha value is -2.92. The smallest absolute Gasteiger partial charge is 0.220 e. The van der Waals surface area contributed by atoms with E-state index in [0.717, 1.165) is 17.7 Å². The Kier molecular flexibility index (Phi) is 6.98. The van der Waals surface area contributed by atoms with Crippen LogP contribution in [0.25, 0.3) is 11.3 Å². The van der Waals surface area contributed by atoms with Gasteiger partial charge >= 0.3 is 0 Å². The normalized spacial score (nSPS) is 12.1. The van der Waals surface area contributed by atoms with Crippen molar-refractivity contribution < 1.29 is 9.21 Å². The van der Waals surface area contributed by atoms with Gasteiger partial charge in [-0.3, -0.25) is 4.79 Å². The van der Waals surface area contributed by atoms with E-state index in [4.69, 9.17) is 4.42 Å². The van der Waals surface area contributed by atoms with E-state index in [1.54, 1.807) is 6.20 Å². The monoisotopic (exact) mass is 377 g/mol. The molecular formula is C23H27N3O2. The van der Waals surface area contributed by atoms with Crippen LogP contribution in [0, 0.1) is 0 Å². The van der Waals surface area contributed by atoms with E-state index in [1.165, 1.54) is 5.56 Å². The van der Waals surface area contributed by atoms with Gasteiger partial charge in [0.15, 0.2) is 11.7 Å². The van der Waals surface area contributed by atoms with Gasteiger partial charge in [-0.1, -0.05) is 60.7 Å². The third kappa shape index (κ3) is 5.79. The fourth-order valence-electron chi connectivity index (χ4n) is 3.03. The number of amides is 1. The van der Waals surface area contributed by atoms with Crippen LogP contribution in [0.5, 0.6) is 0 Å². The highest BCUT2D eigenvalue weighted by Gasteiger charge is 2.14. The number of hydrogen-bond donors (Lipinski definition) is 1. The third-order valence-electron chi connectivity index (χ3n) is 4.76. The molecule has 1 amide bonds. The Morgan fingerprint density at radius 2 is 1.75 bits per heavy atom. The second kappa shape index (κ2) is 9.85. The molecule has 3 aromatic rings. The average Bonchev–Trinajstić information content (AvgIpc) is 3.20. The van der Waals surface area contributed by atoms with E-state index >= 15 is 0 Å². The number of rotatable bonds is 9. The first-order chi connectivity index (χ1) is 13.6. The molecule has 0 spiro atoms. The zero-order valence-electron chi connectivity index (χ0n) is 16.5. The molecule has 0 aliphatic carbocycles. The summed E-state index contributed by atoms with van der Waals surface area (Å²) in [5, 5.41) is 3.04. The molecule has 3 rings (SSSR count). The van der Waals surface area contributed by atoms with E-state index in [-0.39, 0.29) is 11.9 Å². The maximum absolute atomic E-state index is 12.3. The van der Waals surface area contributed by atoms with Crippen molar-refractivity contribution in [3.05, 3.63) is 78.3 Å². The van der Waals surface area contributed by atoms with Gasteiger partial charge in [0, 0.05) is 31.0 Å². The summed E-state index contributed by atoms with van der Waals surface area (Å²) < 4.78 is 5.76. The zero-order valence-corrected chi connectivity index (χ0v) is 16.5. The van der Waals surface area contributed by atoms with Crippen LogP contribution in [0.2, 0.25) is 0 Å². The van der Waals surface area contributed by atoms with Gasteiger partial charge in [-0.15, -0.1) is 0 Å². The summed E-state index contributed by atoms with van der Waals surface area (Å²) >= 11 is 0. The maximum atomic E-state index is 12.3. The van der Waals surface area contributed by atoms with E-state index in [2.05, 4.69) is 27.3 Å². The van der Waals surface area contributed by atoms with Crippen molar-refractivity contribution in [3.8, 4) is 11.3 Å². The number of nitrogens with zero attached hydrogens (tertiary/aromatic N) is 2. The minimum Gasteiger partial charge on any atom is -0.441 e. The molecule has 0 fully saturated rings. The van der Waals surface area contributed by atoms with Crippen LogP contribution in [0.15, 0.2) is 71.3 Å². The van der Waals surface area contributed by atoms with Crippen LogP contribution in [0.4, 0.5) is 0 Å². The van der Waals surface area contributed by atoms with Crippen LogP contribution in [-0.4, -0.2) is 42.5 Å². The molecule has 28 heavy (non-hydrogen) atoms. The van der Waals surface area contributed by atoms with Gasteiger partial charge in [-0.2, -0.15) is 0 Å². The fraction of sp³-hybridized carbons (Fsp3) is 0.304. The predicted octanol–water partition coefficient (Wildman–Crippen LogP) is 3.56. The highest BCUT2D eigenvalue weighted by atomic mass is 16.4. The van der Waals surface area contributed by atoms with E-state index in [0.29, 0.717) is 25.3 Å². The number of nitrogens with one attached hydrogen (secondary N) is 1. The predicted molar refractivity (Wildman–Crippen MR) is 111 cm³/mol. The third-order valence-corrected chi connectivity index (χ3v) is 4.76. The number of carbonyl (C=O) groups excluding carboxylic acids is 1. The number of aromatic nitrogens is 1.